The van der Waals surface area contributed by atoms with E-state index in [0.717, 1.165) is 44.9 Å². The number of carbonyl (C=O) groups excluding carboxylic acids is 3. The van der Waals surface area contributed by atoms with Crippen LogP contribution in [-0.2, 0) is 14.4 Å². The second-order valence-corrected chi connectivity index (χ2v) is 7.45. The topological polar surface area (TPSA) is 87.3 Å². The number of alkyl halides is 3. The molecule has 1 saturated carbocycles. The van der Waals surface area contributed by atoms with Gasteiger partial charge in [-0.3, -0.25) is 14.4 Å². The molecule has 0 bridgehead atoms. The Bertz CT molecular complexity index is 561. The van der Waals surface area contributed by atoms with Gasteiger partial charge < -0.3 is 16.0 Å². The molecule has 0 saturated heterocycles. The van der Waals surface area contributed by atoms with Crippen molar-refractivity contribution in [1.82, 2.24) is 16.0 Å². The van der Waals surface area contributed by atoms with Gasteiger partial charge in [0.2, 0.25) is 11.8 Å². The largest absolute Gasteiger partial charge is 0.471 e. The highest BCUT2D eigenvalue weighted by molar-refractivity contribution is 5.93. The predicted octanol–water partition coefficient (Wildman–Crippen LogP) is 2.98. The van der Waals surface area contributed by atoms with Crippen LogP contribution in [0.2, 0.25) is 0 Å². The Kier molecular flexibility index (Phi) is 10.8. The molecule has 9 heteroatoms. The fourth-order valence-electron chi connectivity index (χ4n) is 3.60. The third-order valence-electron chi connectivity index (χ3n) is 5.23. The monoisotopic (exact) mass is 419 g/mol. The molecule has 1 fully saturated rings. The molecule has 0 heterocycles. The highest BCUT2D eigenvalue weighted by atomic mass is 19.4. The van der Waals surface area contributed by atoms with Crippen LogP contribution < -0.4 is 16.0 Å². The number of allylic oxidation sites excluding steroid dienone is 1. The van der Waals surface area contributed by atoms with E-state index in [-0.39, 0.29) is 18.2 Å². The third kappa shape index (κ3) is 8.87. The Balaban J connectivity index is 2.83. The van der Waals surface area contributed by atoms with Crippen LogP contribution in [0, 0.1) is 5.92 Å². The molecule has 3 amide bonds. The maximum Gasteiger partial charge on any atom is 0.471 e. The van der Waals surface area contributed by atoms with Gasteiger partial charge in [0.1, 0.15) is 12.1 Å². The minimum absolute atomic E-state index is 0.0654. The molecule has 0 aromatic rings. The summed E-state index contributed by atoms with van der Waals surface area (Å²) in [6, 6.07) is -2.16. The molecule has 0 aliphatic heterocycles. The van der Waals surface area contributed by atoms with Crippen molar-refractivity contribution in [2.75, 3.05) is 7.05 Å². The lowest BCUT2D eigenvalue weighted by Crippen LogP contribution is -2.57. The van der Waals surface area contributed by atoms with Crippen LogP contribution >= 0.6 is 0 Å². The molecule has 6 nitrogen and oxygen atoms in total. The predicted molar refractivity (Wildman–Crippen MR) is 104 cm³/mol. The summed E-state index contributed by atoms with van der Waals surface area (Å²) in [5.41, 5.74) is 0. The van der Waals surface area contributed by atoms with Gasteiger partial charge >= 0.3 is 12.1 Å². The molecule has 0 aromatic carbocycles. The molecular weight excluding hydrogens is 387 g/mol. The molecule has 166 valence electrons. The van der Waals surface area contributed by atoms with E-state index in [1.165, 1.54) is 7.05 Å². The van der Waals surface area contributed by atoms with E-state index in [4.69, 9.17) is 0 Å². The van der Waals surface area contributed by atoms with Gasteiger partial charge in [-0.25, -0.2) is 0 Å². The molecule has 29 heavy (non-hydrogen) atoms. The average Bonchev–Trinajstić information content (AvgIpc) is 2.70. The van der Waals surface area contributed by atoms with Crippen LogP contribution in [0.1, 0.15) is 64.2 Å². The second kappa shape index (κ2) is 12.5. The van der Waals surface area contributed by atoms with Crippen LogP contribution in [0.4, 0.5) is 13.2 Å². The summed E-state index contributed by atoms with van der Waals surface area (Å²) in [6.45, 7) is 3.61. The number of halogens is 3. The zero-order chi connectivity index (χ0) is 21.9. The summed E-state index contributed by atoms with van der Waals surface area (Å²) in [5.74, 6) is -3.36. The first-order valence-electron chi connectivity index (χ1n) is 10.2. The Morgan fingerprint density at radius 2 is 1.69 bits per heavy atom. The fraction of sp³-hybridized carbons (Fsp3) is 0.750. The lowest BCUT2D eigenvalue weighted by atomic mass is 9.83. The Morgan fingerprint density at radius 3 is 2.24 bits per heavy atom. The number of carbonyl (C=O) groups is 3. The van der Waals surface area contributed by atoms with Crippen molar-refractivity contribution >= 4 is 17.7 Å². The molecule has 0 spiro atoms. The van der Waals surface area contributed by atoms with Crippen LogP contribution in [0.3, 0.4) is 0 Å². The minimum Gasteiger partial charge on any atom is -0.357 e. The Labute approximate surface area is 170 Å². The smallest absolute Gasteiger partial charge is 0.357 e. The van der Waals surface area contributed by atoms with E-state index < -0.39 is 30.1 Å². The molecule has 0 radical (unpaired) electrons. The first-order valence-corrected chi connectivity index (χ1v) is 10.2. The standard InChI is InChI=1S/C20H32F3N3O3/c1-3-4-5-6-10-13-15(25-19(29)20(21,22)23)17(27)26-16(18(28)24-2)14-11-8-7-9-12-14/h3,14-16H,1,4-13H2,2H3,(H,24,28)(H,25,29)(H,26,27)/t15-,16-/m0/s1. The van der Waals surface area contributed by atoms with E-state index in [2.05, 4.69) is 17.2 Å². The number of nitrogens with one attached hydrogen (secondary N) is 3. The van der Waals surface area contributed by atoms with Crippen molar-refractivity contribution in [1.29, 1.82) is 0 Å². The van der Waals surface area contributed by atoms with E-state index >= 15 is 0 Å². The summed E-state index contributed by atoms with van der Waals surface area (Å²) < 4.78 is 38.0. The Morgan fingerprint density at radius 1 is 1.03 bits per heavy atom. The van der Waals surface area contributed by atoms with Gasteiger partial charge in [-0.05, 0) is 38.0 Å². The first kappa shape index (κ1) is 25.0. The SMILES string of the molecule is C=CCCCCC[C@H](NC(=O)C(F)(F)F)C(=O)N[C@H](C(=O)NC)C1CCCCC1. The molecule has 1 aliphatic carbocycles. The number of likely N-dealkylation sites (N-methyl/N-ethyl adjacent to an activating group) is 1. The highest BCUT2D eigenvalue weighted by Crippen LogP contribution is 2.27. The van der Waals surface area contributed by atoms with Crippen LogP contribution in [0.5, 0.6) is 0 Å². The van der Waals surface area contributed by atoms with Crippen LogP contribution in [0.25, 0.3) is 0 Å². The molecule has 2 atom stereocenters. The summed E-state index contributed by atoms with van der Waals surface area (Å²) in [7, 11) is 1.45. The number of hydrogen-bond donors (Lipinski definition) is 3. The van der Waals surface area contributed by atoms with Crippen molar-refractivity contribution in [2.24, 2.45) is 5.92 Å². The maximum absolute atomic E-state index is 12.7. The lowest BCUT2D eigenvalue weighted by molar-refractivity contribution is -0.174. The van der Waals surface area contributed by atoms with E-state index in [0.29, 0.717) is 12.8 Å². The Hall–Kier alpha value is -2.06. The normalized spacial score (nSPS) is 17.1. The van der Waals surface area contributed by atoms with Gasteiger partial charge in [-0.1, -0.05) is 38.2 Å². The molecule has 1 aliphatic rings. The lowest BCUT2D eigenvalue weighted by Gasteiger charge is -2.31. The summed E-state index contributed by atoms with van der Waals surface area (Å²) in [4.78, 5) is 36.4. The summed E-state index contributed by atoms with van der Waals surface area (Å²) >= 11 is 0. The number of hydrogen-bond acceptors (Lipinski definition) is 3. The van der Waals surface area contributed by atoms with Gasteiger partial charge in [0.05, 0.1) is 0 Å². The second-order valence-electron chi connectivity index (χ2n) is 7.45. The quantitative estimate of drug-likeness (QED) is 0.355. The van der Waals surface area contributed by atoms with Crippen molar-refractivity contribution in [3.05, 3.63) is 12.7 Å². The summed E-state index contributed by atoms with van der Waals surface area (Å²) in [6.07, 6.45) is 3.92. The molecule has 1 rings (SSSR count). The number of rotatable bonds is 11. The van der Waals surface area contributed by atoms with E-state index in [1.54, 1.807) is 11.4 Å². The molecule has 0 unspecified atom stereocenters. The zero-order valence-corrected chi connectivity index (χ0v) is 16.9. The summed E-state index contributed by atoms with van der Waals surface area (Å²) in [5, 5.41) is 6.89. The van der Waals surface area contributed by atoms with Gasteiger partial charge in [-0.2, -0.15) is 13.2 Å². The average molecular weight is 419 g/mol. The highest BCUT2D eigenvalue weighted by Gasteiger charge is 2.41. The number of amides is 3. The van der Waals surface area contributed by atoms with Crippen molar-refractivity contribution in [3.8, 4) is 0 Å². The van der Waals surface area contributed by atoms with Crippen molar-refractivity contribution in [3.63, 3.8) is 0 Å². The maximum atomic E-state index is 12.7. The minimum atomic E-state index is -5.08. The zero-order valence-electron chi connectivity index (χ0n) is 16.9. The van der Waals surface area contributed by atoms with Crippen LogP contribution in [0.15, 0.2) is 12.7 Å². The van der Waals surface area contributed by atoms with E-state index in [1.807, 2.05) is 0 Å². The van der Waals surface area contributed by atoms with Gasteiger partial charge in [0, 0.05) is 7.05 Å². The number of unbranched alkanes of at least 4 members (excludes halogenated alkanes) is 3. The first-order chi connectivity index (χ1) is 13.7. The fourth-order valence-corrected chi connectivity index (χ4v) is 3.60. The van der Waals surface area contributed by atoms with Crippen molar-refractivity contribution in [2.45, 2.75) is 82.5 Å². The van der Waals surface area contributed by atoms with Crippen molar-refractivity contribution < 1.29 is 27.6 Å². The van der Waals surface area contributed by atoms with Crippen LogP contribution in [-0.4, -0.2) is 43.0 Å². The van der Waals surface area contributed by atoms with Gasteiger partial charge in [0.25, 0.3) is 0 Å². The molecule has 0 aromatic heterocycles. The molecule has 3 N–H and O–H groups in total. The molecular formula is C20H32F3N3O3. The van der Waals surface area contributed by atoms with E-state index in [9.17, 15) is 27.6 Å². The van der Waals surface area contributed by atoms with Gasteiger partial charge in [0.15, 0.2) is 0 Å². The van der Waals surface area contributed by atoms with Gasteiger partial charge in [-0.15, -0.1) is 6.58 Å². The third-order valence-corrected chi connectivity index (χ3v) is 5.23.